The van der Waals surface area contributed by atoms with Crippen molar-refractivity contribution >= 4 is 11.5 Å². The first kappa shape index (κ1) is 17.7. The van der Waals surface area contributed by atoms with E-state index in [2.05, 4.69) is 71.3 Å². The third-order valence-electron chi connectivity index (χ3n) is 3.68. The zero-order valence-electron chi connectivity index (χ0n) is 15.3. The van der Waals surface area contributed by atoms with Gasteiger partial charge in [0.25, 0.3) is 0 Å². The molecule has 0 aliphatic rings. The van der Waals surface area contributed by atoms with E-state index in [-0.39, 0.29) is 0 Å². The summed E-state index contributed by atoms with van der Waals surface area (Å²) in [4.78, 5) is 4.84. The van der Waals surface area contributed by atoms with Crippen LogP contribution in [-0.4, -0.2) is 29.3 Å². The third kappa shape index (κ3) is 4.08. The topological polar surface area (TPSA) is 23.2 Å². The number of hydrogen-bond acceptors (Lipinski definition) is 3. The lowest BCUT2D eigenvalue weighted by Gasteiger charge is -2.38. The van der Waals surface area contributed by atoms with E-state index < -0.39 is 0 Å². The Morgan fingerprint density at radius 1 is 0.810 bits per heavy atom. The minimum absolute atomic E-state index is 0.417. The summed E-state index contributed by atoms with van der Waals surface area (Å²) in [5, 5.41) is 4.80. The zero-order valence-corrected chi connectivity index (χ0v) is 15.3. The molecule has 0 spiro atoms. The van der Waals surface area contributed by atoms with Gasteiger partial charge in [-0.2, -0.15) is 0 Å². The van der Waals surface area contributed by atoms with E-state index in [1.165, 1.54) is 5.69 Å². The van der Waals surface area contributed by atoms with Crippen LogP contribution in [0.5, 0.6) is 0 Å². The Balaban J connectivity index is 3.46. The van der Waals surface area contributed by atoms with Crippen LogP contribution in [0.4, 0.5) is 11.5 Å². The molecule has 1 heterocycles. The van der Waals surface area contributed by atoms with Crippen molar-refractivity contribution in [3.05, 3.63) is 12.3 Å². The number of nitrogens with zero attached hydrogens (tertiary/aromatic N) is 4. The van der Waals surface area contributed by atoms with Crippen molar-refractivity contribution in [3.63, 3.8) is 0 Å². The van der Waals surface area contributed by atoms with Crippen LogP contribution in [-0.2, 0) is 7.05 Å². The van der Waals surface area contributed by atoms with E-state index in [1.807, 2.05) is 17.9 Å². The van der Waals surface area contributed by atoms with Crippen LogP contribution in [0.1, 0.15) is 55.4 Å². The van der Waals surface area contributed by atoms with Crippen molar-refractivity contribution < 1.29 is 4.68 Å². The normalized spacial score (nSPS) is 11.9. The van der Waals surface area contributed by atoms with Crippen molar-refractivity contribution in [3.8, 4) is 0 Å². The Bertz CT molecular complexity index is 436. The molecule has 0 saturated heterocycles. The zero-order chi connectivity index (χ0) is 16.3. The molecule has 0 saturated carbocycles. The van der Waals surface area contributed by atoms with E-state index in [9.17, 15) is 0 Å². The van der Waals surface area contributed by atoms with Gasteiger partial charge in [-0.1, -0.05) is 4.68 Å². The predicted molar refractivity (Wildman–Crippen MR) is 90.9 cm³/mol. The molecule has 1 aromatic heterocycles. The molecule has 0 radical (unpaired) electrons. The van der Waals surface area contributed by atoms with Gasteiger partial charge in [-0.15, -0.1) is 0 Å². The van der Waals surface area contributed by atoms with Crippen LogP contribution >= 0.6 is 0 Å². The molecule has 0 bridgehead atoms. The summed E-state index contributed by atoms with van der Waals surface area (Å²) >= 11 is 0. The number of hydrogen-bond donors (Lipinski definition) is 0. The molecule has 0 amide bonds. The van der Waals surface area contributed by atoms with Gasteiger partial charge in [-0.05, 0) is 55.4 Å². The summed E-state index contributed by atoms with van der Waals surface area (Å²) < 4.78 is 1.90. The van der Waals surface area contributed by atoms with Crippen molar-refractivity contribution in [2.75, 3.05) is 9.80 Å². The Kier molecular flexibility index (Phi) is 5.99. The number of aryl methyl sites for hydroxylation is 1. The number of rotatable bonds is 6. The molecule has 4 heteroatoms. The third-order valence-corrected chi connectivity index (χ3v) is 3.68. The lowest BCUT2D eigenvalue weighted by Crippen LogP contribution is -2.45. The quantitative estimate of drug-likeness (QED) is 0.753. The fraction of sp³-hybridized carbons (Fsp3) is 0.765. The van der Waals surface area contributed by atoms with E-state index in [4.69, 9.17) is 5.10 Å². The average Bonchev–Trinajstić information content (AvgIpc) is 2.30. The fourth-order valence-corrected chi connectivity index (χ4v) is 3.11. The minimum Gasteiger partial charge on any atom is -0.363 e. The van der Waals surface area contributed by atoms with E-state index >= 15 is 0 Å². The SMILES string of the molecule is CC(C)N(c1cc[n+](C)nc1N(C(C)C)C(C)C)C(C)C. The standard InChI is InChI=1S/C17H33N4/c1-12(2)20(13(3)4)16-10-11-19(9)18-17(16)21(14(5)6)15(7)8/h10-15H,1-9H3/q+1. The maximum absolute atomic E-state index is 4.80. The Morgan fingerprint density at radius 2 is 1.24 bits per heavy atom. The van der Waals surface area contributed by atoms with E-state index in [1.54, 1.807) is 0 Å². The summed E-state index contributed by atoms with van der Waals surface area (Å²) in [6.07, 6.45) is 2.04. The molecule has 0 N–H and O–H groups in total. The summed E-state index contributed by atoms with van der Waals surface area (Å²) in [7, 11) is 1.99. The summed E-state index contributed by atoms with van der Waals surface area (Å²) in [5.41, 5.74) is 1.22. The molecule has 4 nitrogen and oxygen atoms in total. The van der Waals surface area contributed by atoms with Gasteiger partial charge >= 0.3 is 0 Å². The highest BCUT2D eigenvalue weighted by Crippen LogP contribution is 2.31. The van der Waals surface area contributed by atoms with Gasteiger partial charge in [0, 0.05) is 35.3 Å². The van der Waals surface area contributed by atoms with E-state index in [0.717, 1.165) is 5.82 Å². The van der Waals surface area contributed by atoms with Gasteiger partial charge in [-0.25, -0.2) is 0 Å². The minimum atomic E-state index is 0.417. The molecule has 120 valence electrons. The van der Waals surface area contributed by atoms with Crippen LogP contribution in [0.25, 0.3) is 0 Å². The Hall–Kier alpha value is -1.32. The summed E-state index contributed by atoms with van der Waals surface area (Å²) in [6.45, 7) is 17.9. The molecular weight excluding hydrogens is 260 g/mol. The predicted octanol–water partition coefficient (Wildman–Crippen LogP) is 3.15. The lowest BCUT2D eigenvalue weighted by molar-refractivity contribution is -0.729. The fourth-order valence-electron chi connectivity index (χ4n) is 3.11. The molecule has 0 fully saturated rings. The van der Waals surface area contributed by atoms with Crippen LogP contribution in [0.2, 0.25) is 0 Å². The van der Waals surface area contributed by atoms with Gasteiger partial charge in [0.05, 0.1) is 5.69 Å². The maximum Gasteiger partial charge on any atom is 0.220 e. The molecule has 0 aliphatic carbocycles. The maximum atomic E-state index is 4.80. The summed E-state index contributed by atoms with van der Waals surface area (Å²) in [5.74, 6) is 1.08. The highest BCUT2D eigenvalue weighted by atomic mass is 15.4. The van der Waals surface area contributed by atoms with Crippen LogP contribution < -0.4 is 14.5 Å². The largest absolute Gasteiger partial charge is 0.363 e. The second kappa shape index (κ2) is 7.10. The Morgan fingerprint density at radius 3 is 1.62 bits per heavy atom. The van der Waals surface area contributed by atoms with Gasteiger partial charge in [-0.3, -0.25) is 0 Å². The average molecular weight is 293 g/mol. The van der Waals surface area contributed by atoms with Gasteiger partial charge in [0.2, 0.25) is 5.82 Å². The van der Waals surface area contributed by atoms with Gasteiger partial charge in [0.15, 0.2) is 13.2 Å². The van der Waals surface area contributed by atoms with Crippen molar-refractivity contribution in [2.24, 2.45) is 7.05 Å². The Labute approximate surface area is 130 Å². The van der Waals surface area contributed by atoms with Crippen LogP contribution in [0.15, 0.2) is 12.3 Å². The summed E-state index contributed by atoms with van der Waals surface area (Å²) in [6, 6.07) is 3.92. The highest BCUT2D eigenvalue weighted by Gasteiger charge is 2.27. The molecule has 0 atom stereocenters. The van der Waals surface area contributed by atoms with E-state index in [0.29, 0.717) is 24.2 Å². The number of aromatic nitrogens is 2. The molecule has 0 aromatic carbocycles. The number of anilines is 2. The molecule has 1 rings (SSSR count). The first-order valence-corrected chi connectivity index (χ1v) is 8.10. The second-order valence-electron chi connectivity index (χ2n) is 6.89. The smallest absolute Gasteiger partial charge is 0.220 e. The molecular formula is C17H33N4+. The van der Waals surface area contributed by atoms with Gasteiger partial charge in [0.1, 0.15) is 0 Å². The van der Waals surface area contributed by atoms with Crippen LogP contribution in [0, 0.1) is 0 Å². The van der Waals surface area contributed by atoms with Crippen molar-refractivity contribution in [1.82, 2.24) is 5.10 Å². The molecule has 21 heavy (non-hydrogen) atoms. The van der Waals surface area contributed by atoms with Crippen LogP contribution in [0.3, 0.4) is 0 Å². The highest BCUT2D eigenvalue weighted by molar-refractivity contribution is 5.67. The monoisotopic (exact) mass is 293 g/mol. The second-order valence-corrected chi connectivity index (χ2v) is 6.89. The van der Waals surface area contributed by atoms with Gasteiger partial charge < -0.3 is 9.80 Å². The molecule has 1 aromatic rings. The van der Waals surface area contributed by atoms with Crippen molar-refractivity contribution in [1.29, 1.82) is 0 Å². The first-order chi connectivity index (χ1) is 9.66. The molecule has 0 unspecified atom stereocenters. The van der Waals surface area contributed by atoms with Crippen molar-refractivity contribution in [2.45, 2.75) is 79.6 Å². The first-order valence-electron chi connectivity index (χ1n) is 8.10. The lowest BCUT2D eigenvalue weighted by atomic mass is 10.1. The molecule has 0 aliphatic heterocycles.